The molecule has 0 spiro atoms. The summed E-state index contributed by atoms with van der Waals surface area (Å²) >= 11 is 0. The third kappa shape index (κ3) is 5.24. The lowest BCUT2D eigenvalue weighted by Crippen LogP contribution is -2.40. The molecule has 0 amide bonds. The predicted octanol–water partition coefficient (Wildman–Crippen LogP) is 1.97. The fourth-order valence-electron chi connectivity index (χ4n) is 1.94. The number of hydrogen-bond donors (Lipinski definition) is 1. The zero-order valence-corrected chi connectivity index (χ0v) is 15.5. The van der Waals surface area contributed by atoms with Crippen molar-refractivity contribution < 1.29 is 27.4 Å². The highest BCUT2D eigenvalue weighted by Crippen LogP contribution is 2.36. The molecule has 1 N–H and O–H groups in total. The van der Waals surface area contributed by atoms with Gasteiger partial charge in [-0.25, -0.2) is 17.9 Å². The minimum absolute atomic E-state index is 0.0798. The summed E-state index contributed by atoms with van der Waals surface area (Å²) in [7, 11) is 0.150. The van der Waals surface area contributed by atoms with Crippen molar-refractivity contribution in [3.63, 3.8) is 0 Å². The molecule has 0 atom stereocenters. The van der Waals surface area contributed by atoms with E-state index in [1.807, 2.05) is 0 Å². The van der Waals surface area contributed by atoms with Crippen molar-refractivity contribution in [3.8, 4) is 11.5 Å². The Kier molecular flexibility index (Phi) is 6.39. The van der Waals surface area contributed by atoms with Crippen LogP contribution in [0.15, 0.2) is 23.1 Å². The van der Waals surface area contributed by atoms with Crippen LogP contribution in [0.4, 0.5) is 0 Å². The highest BCUT2D eigenvalue weighted by atomic mass is 32.2. The van der Waals surface area contributed by atoms with E-state index >= 15 is 0 Å². The van der Waals surface area contributed by atoms with Gasteiger partial charge < -0.3 is 14.2 Å². The predicted molar refractivity (Wildman–Crippen MR) is 90.7 cm³/mol. The molecule has 8 heteroatoms. The molecule has 0 aliphatic carbocycles. The molecule has 0 unspecified atom stereocenters. The van der Waals surface area contributed by atoms with Crippen LogP contribution in [0.5, 0.6) is 11.5 Å². The minimum Gasteiger partial charge on any atom is -0.493 e. The van der Waals surface area contributed by atoms with E-state index in [0.717, 1.165) is 0 Å². The third-order valence-corrected chi connectivity index (χ3v) is 4.57. The summed E-state index contributed by atoms with van der Waals surface area (Å²) in [6.45, 7) is 5.19. The Morgan fingerprint density at radius 3 is 2.21 bits per heavy atom. The Bertz CT molecular complexity index is 732. The normalized spacial score (nSPS) is 12.2. The number of hydrogen-bond acceptors (Lipinski definition) is 6. The number of esters is 1. The van der Waals surface area contributed by atoms with Gasteiger partial charge in [-0.2, -0.15) is 0 Å². The summed E-state index contributed by atoms with van der Waals surface area (Å²) < 4.78 is 42.9. The smallest absolute Gasteiger partial charge is 0.330 e. The molecule has 7 nitrogen and oxygen atoms in total. The first-order valence-electron chi connectivity index (χ1n) is 7.10. The number of nitrogens with one attached hydrogen (secondary N) is 1. The van der Waals surface area contributed by atoms with Crippen LogP contribution >= 0.6 is 0 Å². The molecule has 0 aromatic heterocycles. The summed E-state index contributed by atoms with van der Waals surface area (Å²) in [4.78, 5) is 11.2. The molecule has 24 heavy (non-hydrogen) atoms. The molecule has 0 saturated carbocycles. The van der Waals surface area contributed by atoms with Crippen molar-refractivity contribution >= 4 is 22.1 Å². The van der Waals surface area contributed by atoms with Crippen LogP contribution in [-0.4, -0.2) is 41.3 Å². The molecule has 1 rings (SSSR count). The second kappa shape index (κ2) is 7.67. The fourth-order valence-corrected chi connectivity index (χ4v) is 3.57. The summed E-state index contributed by atoms with van der Waals surface area (Å²) in [6, 6.07) is 2.96. The molecule has 0 saturated heterocycles. The van der Waals surface area contributed by atoms with Gasteiger partial charge in [0, 0.05) is 11.6 Å². The number of sulfonamides is 1. The van der Waals surface area contributed by atoms with Crippen molar-refractivity contribution in [2.75, 3.05) is 21.3 Å². The first kappa shape index (κ1) is 20.0. The van der Waals surface area contributed by atoms with Crippen LogP contribution in [0.25, 0.3) is 6.08 Å². The largest absolute Gasteiger partial charge is 0.493 e. The SMILES string of the molecule is COC(=O)/C=C/c1cc(OC)c(OC)c(S(=O)(=O)NC(C)(C)C)c1. The zero-order valence-electron chi connectivity index (χ0n) is 14.7. The Morgan fingerprint density at radius 1 is 1.12 bits per heavy atom. The average Bonchev–Trinajstić information content (AvgIpc) is 2.48. The maximum Gasteiger partial charge on any atom is 0.330 e. The van der Waals surface area contributed by atoms with Gasteiger partial charge in [0.05, 0.1) is 21.3 Å². The van der Waals surface area contributed by atoms with E-state index < -0.39 is 21.5 Å². The van der Waals surface area contributed by atoms with Crippen molar-refractivity contribution in [1.82, 2.24) is 4.72 Å². The first-order chi connectivity index (χ1) is 11.0. The van der Waals surface area contributed by atoms with Gasteiger partial charge >= 0.3 is 5.97 Å². The Hall–Kier alpha value is -2.06. The lowest BCUT2D eigenvalue weighted by molar-refractivity contribution is -0.134. The number of rotatable bonds is 6. The van der Waals surface area contributed by atoms with Crippen LogP contribution in [0.1, 0.15) is 26.3 Å². The molecular weight excluding hydrogens is 334 g/mol. The van der Waals surface area contributed by atoms with E-state index in [9.17, 15) is 13.2 Å². The summed E-state index contributed by atoms with van der Waals surface area (Å²) in [5, 5.41) is 0. The molecule has 0 heterocycles. The van der Waals surface area contributed by atoms with Gasteiger partial charge in [0.15, 0.2) is 11.5 Å². The van der Waals surface area contributed by atoms with Crippen LogP contribution in [0.2, 0.25) is 0 Å². The topological polar surface area (TPSA) is 90.9 Å². The highest BCUT2D eigenvalue weighted by molar-refractivity contribution is 7.89. The van der Waals surface area contributed by atoms with Crippen molar-refractivity contribution in [1.29, 1.82) is 0 Å². The van der Waals surface area contributed by atoms with Crippen LogP contribution < -0.4 is 14.2 Å². The van der Waals surface area contributed by atoms with Gasteiger partial charge in [0.1, 0.15) is 4.90 Å². The summed E-state index contributed by atoms with van der Waals surface area (Å²) in [5.41, 5.74) is -0.220. The van der Waals surface area contributed by atoms with Crippen molar-refractivity contribution in [2.45, 2.75) is 31.2 Å². The minimum atomic E-state index is -3.87. The van der Waals surface area contributed by atoms with Crippen LogP contribution in [0, 0.1) is 0 Å². The number of carbonyl (C=O) groups excluding carboxylic acids is 1. The first-order valence-corrected chi connectivity index (χ1v) is 8.58. The van der Waals surface area contributed by atoms with E-state index in [0.29, 0.717) is 5.56 Å². The number of carbonyl (C=O) groups is 1. The molecule has 0 aliphatic rings. The molecule has 1 aromatic carbocycles. The van der Waals surface area contributed by atoms with E-state index in [2.05, 4.69) is 9.46 Å². The summed E-state index contributed by atoms with van der Waals surface area (Å²) in [6.07, 6.45) is 2.62. The Labute approximate surface area is 142 Å². The maximum absolute atomic E-state index is 12.7. The lowest BCUT2D eigenvalue weighted by atomic mass is 10.1. The zero-order chi connectivity index (χ0) is 18.5. The molecule has 0 bridgehead atoms. The van der Waals surface area contributed by atoms with Crippen LogP contribution in [-0.2, 0) is 19.6 Å². The highest BCUT2D eigenvalue weighted by Gasteiger charge is 2.27. The third-order valence-electron chi connectivity index (χ3n) is 2.81. The Morgan fingerprint density at radius 2 is 1.75 bits per heavy atom. The van der Waals surface area contributed by atoms with Crippen molar-refractivity contribution in [2.24, 2.45) is 0 Å². The van der Waals surface area contributed by atoms with E-state index in [1.165, 1.54) is 39.5 Å². The average molecular weight is 357 g/mol. The monoisotopic (exact) mass is 357 g/mol. The van der Waals surface area contributed by atoms with Gasteiger partial charge in [-0.05, 0) is 44.5 Å². The molecular formula is C16H23NO6S. The van der Waals surface area contributed by atoms with Crippen molar-refractivity contribution in [3.05, 3.63) is 23.8 Å². The Balaban J connectivity index is 3.51. The van der Waals surface area contributed by atoms with Gasteiger partial charge in [-0.1, -0.05) is 0 Å². The van der Waals surface area contributed by atoms with Gasteiger partial charge in [0.2, 0.25) is 10.0 Å². The molecule has 0 fully saturated rings. The molecule has 0 radical (unpaired) electrons. The van der Waals surface area contributed by atoms with E-state index in [1.54, 1.807) is 26.8 Å². The fraction of sp³-hybridized carbons (Fsp3) is 0.438. The number of benzene rings is 1. The second-order valence-electron chi connectivity index (χ2n) is 5.97. The number of ether oxygens (including phenoxy) is 3. The quantitative estimate of drug-likeness (QED) is 0.618. The van der Waals surface area contributed by atoms with E-state index in [-0.39, 0.29) is 16.4 Å². The van der Waals surface area contributed by atoms with E-state index in [4.69, 9.17) is 9.47 Å². The van der Waals surface area contributed by atoms with Crippen LogP contribution in [0.3, 0.4) is 0 Å². The van der Waals surface area contributed by atoms with Gasteiger partial charge in [-0.3, -0.25) is 0 Å². The lowest BCUT2D eigenvalue weighted by Gasteiger charge is -2.22. The van der Waals surface area contributed by atoms with Gasteiger partial charge in [0.25, 0.3) is 0 Å². The molecule has 1 aromatic rings. The summed E-state index contributed by atoms with van der Waals surface area (Å²) in [5.74, 6) is -0.231. The van der Waals surface area contributed by atoms with Gasteiger partial charge in [-0.15, -0.1) is 0 Å². The second-order valence-corrected chi connectivity index (χ2v) is 7.62. The standard InChI is InChI=1S/C16H23NO6S/c1-16(2,3)17-24(19,20)13-10-11(7-8-14(18)22-5)9-12(21-4)15(13)23-6/h7-10,17H,1-6H3/b8-7+. The number of methoxy groups -OCH3 is 3. The molecule has 0 aliphatic heterocycles. The molecule has 134 valence electrons. The maximum atomic E-state index is 12.7.